The van der Waals surface area contributed by atoms with E-state index in [9.17, 15) is 44.3 Å². The molecule has 1 aromatic heterocycles. The number of nitriles is 1. The molecule has 0 radical (unpaired) electrons. The van der Waals surface area contributed by atoms with Gasteiger partial charge >= 0.3 is 0 Å². The molecule has 0 amide bonds. The number of benzene rings is 1. The highest BCUT2D eigenvalue weighted by Crippen LogP contribution is 2.49. The second kappa shape index (κ2) is 7.72. The molecule has 0 saturated heterocycles. The van der Waals surface area contributed by atoms with Crippen LogP contribution in [0.3, 0.4) is 0 Å². The van der Waals surface area contributed by atoms with Crippen molar-refractivity contribution < 1.29 is 44.3 Å². The monoisotopic (exact) mass is 471 g/mol. The van der Waals surface area contributed by atoms with E-state index in [4.69, 9.17) is 5.26 Å². The Kier molecular flexibility index (Phi) is 5.70. The molecule has 31 heavy (non-hydrogen) atoms. The maximum atomic E-state index is 14.1. The second-order valence-corrected chi connectivity index (χ2v) is 8.22. The Morgan fingerprint density at radius 2 is 1.87 bits per heavy atom. The summed E-state index contributed by atoms with van der Waals surface area (Å²) in [5, 5.41) is 18.7. The van der Waals surface area contributed by atoms with Gasteiger partial charge in [0, 0.05) is 23.4 Å². The maximum absolute atomic E-state index is 14.1. The van der Waals surface area contributed by atoms with Gasteiger partial charge in [-0.3, -0.25) is 0 Å². The maximum Gasteiger partial charge on any atom is 0.280 e. The average Bonchev–Trinajstić information content (AvgIpc) is 3.02. The van der Waals surface area contributed by atoms with Crippen molar-refractivity contribution in [3.63, 3.8) is 0 Å². The van der Waals surface area contributed by atoms with E-state index in [2.05, 4.69) is 0 Å². The van der Waals surface area contributed by atoms with Crippen LogP contribution in [0, 0.1) is 17.3 Å². The third-order valence-corrected chi connectivity index (χ3v) is 6.12. The Morgan fingerprint density at radius 1 is 1.23 bits per heavy atom. The summed E-state index contributed by atoms with van der Waals surface area (Å²) >= 11 is 0. The second-order valence-electron chi connectivity index (χ2n) is 6.60. The van der Waals surface area contributed by atoms with Gasteiger partial charge in [-0.2, -0.15) is 5.26 Å². The van der Waals surface area contributed by atoms with Crippen molar-refractivity contribution >= 4 is 10.0 Å². The van der Waals surface area contributed by atoms with Crippen LogP contribution in [0.2, 0.25) is 0 Å². The van der Waals surface area contributed by atoms with Crippen LogP contribution in [0.25, 0.3) is 5.69 Å². The van der Waals surface area contributed by atoms with Crippen molar-refractivity contribution in [3.8, 4) is 11.9 Å². The molecule has 0 fully saturated rings. The minimum Gasteiger partial charge on any atom is -0.382 e. The van der Waals surface area contributed by atoms with Gasteiger partial charge in [0.1, 0.15) is 22.5 Å². The normalized spacial score (nSPS) is 18.2. The smallest absolute Gasteiger partial charge is 0.280 e. The Morgan fingerprint density at radius 3 is 2.42 bits per heavy atom. The zero-order valence-corrected chi connectivity index (χ0v) is 15.9. The topological polar surface area (TPSA) is 95.1 Å². The lowest BCUT2D eigenvalue weighted by Gasteiger charge is -2.29. The fourth-order valence-electron chi connectivity index (χ4n) is 3.52. The lowest BCUT2D eigenvalue weighted by atomic mass is 9.91. The summed E-state index contributed by atoms with van der Waals surface area (Å²) < 4.78 is 123. The number of nitrogens with one attached hydrogen (secondary N) is 1. The number of hydrogen-bond donors (Lipinski definition) is 2. The molecular formula is C17H12F7N3O3S. The van der Waals surface area contributed by atoms with Crippen LogP contribution >= 0.6 is 0 Å². The van der Waals surface area contributed by atoms with Gasteiger partial charge in [-0.15, -0.1) is 0 Å². The Bertz CT molecular complexity index is 1170. The van der Waals surface area contributed by atoms with E-state index in [1.807, 2.05) is 0 Å². The van der Waals surface area contributed by atoms with Gasteiger partial charge in [-0.1, -0.05) is 0 Å². The Labute approximate surface area is 170 Å². The van der Waals surface area contributed by atoms with E-state index < -0.39 is 86.7 Å². The number of sulfonamides is 1. The highest BCUT2D eigenvalue weighted by Gasteiger charge is 2.50. The van der Waals surface area contributed by atoms with Crippen molar-refractivity contribution in [2.75, 3.05) is 0 Å². The fourth-order valence-corrected chi connectivity index (χ4v) is 4.72. The number of aliphatic hydroxyl groups is 1. The molecule has 0 unspecified atom stereocenters. The SMILES string of the molecule is N#CNS(=O)(=O)c1c2c(n(-c3ccc(F)c(C(F)F)c3)c1C(F)F)CCC(F)(F)[C@H]2O. The van der Waals surface area contributed by atoms with E-state index in [1.54, 1.807) is 0 Å². The molecule has 168 valence electrons. The molecule has 2 aromatic rings. The standard InChI is InChI=1S/C17H12F7N3O3S/c18-9-2-1-7(5-8(9)15(19)20)27-10-3-4-17(23,24)14(28)11(10)13(12(27)16(21)22)31(29,30)26-6-25/h1-2,5,14-16,26,28H,3-4H2/t14-/m0/s1. The molecule has 0 saturated carbocycles. The summed E-state index contributed by atoms with van der Waals surface area (Å²) in [4.78, 5) is -1.46. The van der Waals surface area contributed by atoms with E-state index in [0.717, 1.165) is 12.3 Å². The lowest BCUT2D eigenvalue weighted by molar-refractivity contribution is -0.123. The molecule has 0 aliphatic heterocycles. The zero-order chi connectivity index (χ0) is 23.3. The number of alkyl halides is 6. The van der Waals surface area contributed by atoms with E-state index in [0.29, 0.717) is 16.7 Å². The first-order valence-electron chi connectivity index (χ1n) is 8.43. The number of aliphatic hydroxyl groups excluding tert-OH is 1. The fraction of sp³-hybridized carbons (Fsp3) is 0.353. The van der Waals surface area contributed by atoms with Crippen LogP contribution in [0.15, 0.2) is 23.1 Å². The van der Waals surface area contributed by atoms with E-state index >= 15 is 0 Å². The highest BCUT2D eigenvalue weighted by atomic mass is 32.2. The molecule has 2 N–H and O–H groups in total. The van der Waals surface area contributed by atoms with Gasteiger partial charge in [-0.25, -0.2) is 43.9 Å². The van der Waals surface area contributed by atoms with Crippen LogP contribution < -0.4 is 4.72 Å². The van der Waals surface area contributed by atoms with E-state index in [1.165, 1.54) is 4.72 Å². The van der Waals surface area contributed by atoms with Gasteiger partial charge < -0.3 is 9.67 Å². The number of aromatic nitrogens is 1. The number of nitrogens with zero attached hydrogens (tertiary/aromatic N) is 2. The minimum absolute atomic E-state index is 0.426. The molecule has 1 aromatic carbocycles. The molecule has 14 heteroatoms. The molecule has 1 atom stereocenters. The quantitative estimate of drug-likeness (QED) is 0.393. The molecule has 1 aliphatic carbocycles. The largest absolute Gasteiger partial charge is 0.382 e. The molecule has 6 nitrogen and oxygen atoms in total. The van der Waals surface area contributed by atoms with Crippen LogP contribution in [0.5, 0.6) is 0 Å². The van der Waals surface area contributed by atoms with Crippen molar-refractivity contribution in [1.82, 2.24) is 9.29 Å². The average molecular weight is 471 g/mol. The summed E-state index contributed by atoms with van der Waals surface area (Å²) in [5.41, 5.74) is -4.78. The predicted molar refractivity (Wildman–Crippen MR) is 89.8 cm³/mol. The van der Waals surface area contributed by atoms with Crippen molar-refractivity contribution in [3.05, 3.63) is 46.5 Å². The van der Waals surface area contributed by atoms with Gasteiger partial charge in [0.2, 0.25) is 0 Å². The van der Waals surface area contributed by atoms with Crippen LogP contribution in [0.1, 0.15) is 47.9 Å². The Balaban J connectivity index is 2.47. The molecule has 1 heterocycles. The molecule has 1 aliphatic rings. The van der Waals surface area contributed by atoms with Gasteiger partial charge in [-0.05, 0) is 24.6 Å². The van der Waals surface area contributed by atoms with Crippen LogP contribution in [-0.2, 0) is 16.4 Å². The summed E-state index contributed by atoms with van der Waals surface area (Å²) in [6.07, 6.45) is -10.7. The zero-order valence-electron chi connectivity index (χ0n) is 15.1. The van der Waals surface area contributed by atoms with Gasteiger partial charge in [0.05, 0.1) is 5.56 Å². The van der Waals surface area contributed by atoms with Crippen molar-refractivity contribution in [2.24, 2.45) is 0 Å². The number of halogens is 7. The Hall–Kier alpha value is -2.79. The molecule has 3 rings (SSSR count). The first kappa shape index (κ1) is 22.9. The molecule has 0 spiro atoms. The predicted octanol–water partition coefficient (Wildman–Crippen LogP) is 3.87. The number of rotatable bonds is 5. The van der Waals surface area contributed by atoms with Gasteiger partial charge in [0.15, 0.2) is 6.19 Å². The third kappa shape index (κ3) is 3.72. The molecular weight excluding hydrogens is 459 g/mol. The number of fused-ring (bicyclic) bond motifs is 1. The van der Waals surface area contributed by atoms with E-state index in [-0.39, 0.29) is 0 Å². The third-order valence-electron chi connectivity index (χ3n) is 4.80. The lowest BCUT2D eigenvalue weighted by Crippen LogP contribution is -2.33. The summed E-state index contributed by atoms with van der Waals surface area (Å²) in [5.74, 6) is -5.27. The highest BCUT2D eigenvalue weighted by molar-refractivity contribution is 7.89. The summed E-state index contributed by atoms with van der Waals surface area (Å²) in [7, 11) is -5.16. The van der Waals surface area contributed by atoms with Crippen molar-refractivity contribution in [2.45, 2.75) is 42.6 Å². The summed E-state index contributed by atoms with van der Waals surface area (Å²) in [6, 6.07) is 1.77. The minimum atomic E-state index is -5.16. The first-order chi connectivity index (χ1) is 14.3. The number of hydrogen-bond acceptors (Lipinski definition) is 4. The molecule has 0 bridgehead atoms. The summed E-state index contributed by atoms with van der Waals surface area (Å²) in [6.45, 7) is 0. The van der Waals surface area contributed by atoms with Crippen molar-refractivity contribution in [1.29, 1.82) is 5.26 Å². The van der Waals surface area contributed by atoms with Crippen LogP contribution in [0.4, 0.5) is 30.7 Å². The van der Waals surface area contributed by atoms with Crippen LogP contribution in [-0.4, -0.2) is 24.0 Å². The van der Waals surface area contributed by atoms with Gasteiger partial charge in [0.25, 0.3) is 28.8 Å². The first-order valence-corrected chi connectivity index (χ1v) is 9.92.